The van der Waals surface area contributed by atoms with Gasteiger partial charge in [0.2, 0.25) is 0 Å². The Kier molecular flexibility index (Phi) is 4.04. The molecule has 0 radical (unpaired) electrons. The Hall–Kier alpha value is -1.23. The van der Waals surface area contributed by atoms with E-state index in [4.69, 9.17) is 0 Å². The van der Waals surface area contributed by atoms with Crippen LogP contribution in [0.25, 0.3) is 0 Å². The first-order chi connectivity index (χ1) is 8.89. The second-order valence-corrected chi connectivity index (χ2v) is 7.11. The van der Waals surface area contributed by atoms with E-state index in [1.807, 2.05) is 11.8 Å². The molecule has 0 spiro atoms. The van der Waals surface area contributed by atoms with E-state index in [9.17, 15) is 14.3 Å². The van der Waals surface area contributed by atoms with E-state index >= 15 is 0 Å². The van der Waals surface area contributed by atoms with Gasteiger partial charge in [-0.25, -0.2) is 4.39 Å². The lowest BCUT2D eigenvalue weighted by Crippen LogP contribution is -2.33. The quantitative estimate of drug-likeness (QED) is 0.861. The molecule has 0 aromatic heterocycles. The van der Waals surface area contributed by atoms with Gasteiger partial charge in [0.05, 0.1) is 5.56 Å². The molecule has 1 amide bonds. The molecular weight excluding hydrogens is 265 g/mol. The summed E-state index contributed by atoms with van der Waals surface area (Å²) in [4.78, 5) is 14.0. The minimum absolute atomic E-state index is 0.0460. The van der Waals surface area contributed by atoms with Crippen molar-refractivity contribution in [3.63, 3.8) is 0 Å². The molecular formula is C14H18FNO2S. The van der Waals surface area contributed by atoms with Crippen molar-refractivity contribution in [3.8, 4) is 5.75 Å². The fraction of sp³-hybridized carbons (Fsp3) is 0.500. The number of rotatable bonds is 1. The zero-order valence-electron chi connectivity index (χ0n) is 11.1. The largest absolute Gasteiger partial charge is 0.507 e. The van der Waals surface area contributed by atoms with Crippen molar-refractivity contribution in [1.82, 2.24) is 4.90 Å². The minimum atomic E-state index is -0.509. The van der Waals surface area contributed by atoms with Gasteiger partial charge in [-0.05, 0) is 24.6 Å². The highest BCUT2D eigenvalue weighted by atomic mass is 32.2. The Bertz CT molecular complexity index is 490. The molecule has 1 aliphatic heterocycles. The molecule has 0 saturated carbocycles. The Morgan fingerprint density at radius 2 is 2.16 bits per heavy atom. The predicted molar refractivity (Wildman–Crippen MR) is 75.1 cm³/mol. The van der Waals surface area contributed by atoms with Crippen molar-refractivity contribution < 1.29 is 14.3 Å². The third-order valence-corrected chi connectivity index (χ3v) is 4.69. The van der Waals surface area contributed by atoms with Crippen LogP contribution in [0.1, 0.15) is 30.6 Å². The van der Waals surface area contributed by atoms with Gasteiger partial charge < -0.3 is 10.0 Å². The van der Waals surface area contributed by atoms with Crippen LogP contribution in [-0.2, 0) is 0 Å². The maximum absolute atomic E-state index is 13.2. The third-order valence-electron chi connectivity index (χ3n) is 3.31. The average molecular weight is 283 g/mol. The molecule has 104 valence electrons. The topological polar surface area (TPSA) is 40.5 Å². The smallest absolute Gasteiger partial charge is 0.257 e. The van der Waals surface area contributed by atoms with Gasteiger partial charge >= 0.3 is 0 Å². The maximum Gasteiger partial charge on any atom is 0.257 e. The summed E-state index contributed by atoms with van der Waals surface area (Å²) in [5.41, 5.74) is 0.0460. The summed E-state index contributed by atoms with van der Waals surface area (Å²) >= 11 is 1.83. The molecule has 19 heavy (non-hydrogen) atoms. The zero-order chi connectivity index (χ0) is 14.0. The van der Waals surface area contributed by atoms with Crippen LogP contribution < -0.4 is 0 Å². The summed E-state index contributed by atoms with van der Waals surface area (Å²) in [6, 6.07) is 3.47. The molecule has 1 aromatic carbocycles. The van der Waals surface area contributed by atoms with Crippen LogP contribution in [0.2, 0.25) is 0 Å². The number of phenolic OH excluding ortho intramolecular Hbond substituents is 1. The number of carbonyl (C=O) groups excluding carboxylic acids is 1. The molecule has 0 bridgehead atoms. The third kappa shape index (κ3) is 3.41. The molecule has 1 heterocycles. The van der Waals surface area contributed by atoms with Crippen LogP contribution in [-0.4, -0.2) is 39.5 Å². The first-order valence-electron chi connectivity index (χ1n) is 6.31. The molecule has 1 fully saturated rings. The van der Waals surface area contributed by atoms with Gasteiger partial charge in [0.15, 0.2) is 0 Å². The Labute approximate surface area is 116 Å². The Balaban J connectivity index is 2.17. The number of phenols is 1. The highest BCUT2D eigenvalue weighted by Crippen LogP contribution is 2.31. The summed E-state index contributed by atoms with van der Waals surface area (Å²) in [5.74, 6) is -0.113. The van der Waals surface area contributed by atoms with Crippen molar-refractivity contribution in [1.29, 1.82) is 0 Å². The molecule has 0 aliphatic carbocycles. The fourth-order valence-electron chi connectivity index (χ4n) is 2.07. The second-order valence-electron chi connectivity index (χ2n) is 5.31. The Morgan fingerprint density at radius 3 is 2.89 bits per heavy atom. The number of nitrogens with zero attached hydrogens (tertiary/aromatic N) is 1. The molecule has 1 saturated heterocycles. The van der Waals surface area contributed by atoms with Gasteiger partial charge in [-0.3, -0.25) is 4.79 Å². The number of carbonyl (C=O) groups is 1. The van der Waals surface area contributed by atoms with Crippen LogP contribution in [0.4, 0.5) is 4.39 Å². The second kappa shape index (κ2) is 5.41. The van der Waals surface area contributed by atoms with Crippen molar-refractivity contribution in [2.24, 2.45) is 0 Å². The van der Waals surface area contributed by atoms with Gasteiger partial charge in [-0.2, -0.15) is 11.8 Å². The lowest BCUT2D eigenvalue weighted by molar-refractivity contribution is 0.0761. The summed E-state index contributed by atoms with van der Waals surface area (Å²) < 4.78 is 13.3. The van der Waals surface area contributed by atoms with Crippen molar-refractivity contribution >= 4 is 17.7 Å². The normalized spacial score (nSPS) is 19.0. The lowest BCUT2D eigenvalue weighted by Gasteiger charge is -2.23. The first-order valence-corrected chi connectivity index (χ1v) is 7.29. The SMILES string of the molecule is CC1(C)CCN(C(=O)c2cc(F)ccc2O)CCS1. The van der Waals surface area contributed by atoms with Crippen LogP contribution in [0.3, 0.4) is 0 Å². The molecule has 5 heteroatoms. The van der Waals surface area contributed by atoms with E-state index < -0.39 is 5.82 Å². The van der Waals surface area contributed by atoms with Gasteiger partial charge in [-0.15, -0.1) is 0 Å². The fourth-order valence-corrected chi connectivity index (χ4v) is 3.17. The Morgan fingerprint density at radius 1 is 1.42 bits per heavy atom. The van der Waals surface area contributed by atoms with E-state index in [1.54, 1.807) is 4.90 Å². The van der Waals surface area contributed by atoms with Crippen molar-refractivity contribution in [2.75, 3.05) is 18.8 Å². The van der Waals surface area contributed by atoms with Crippen LogP contribution in [0.5, 0.6) is 5.75 Å². The van der Waals surface area contributed by atoms with Gasteiger partial charge in [0, 0.05) is 23.6 Å². The monoisotopic (exact) mass is 283 g/mol. The number of hydrogen-bond acceptors (Lipinski definition) is 3. The molecule has 0 atom stereocenters. The van der Waals surface area contributed by atoms with E-state index in [-0.39, 0.29) is 22.0 Å². The molecule has 3 nitrogen and oxygen atoms in total. The maximum atomic E-state index is 13.2. The number of aromatic hydroxyl groups is 1. The van der Waals surface area contributed by atoms with E-state index in [1.165, 1.54) is 6.07 Å². The minimum Gasteiger partial charge on any atom is -0.507 e. The van der Waals surface area contributed by atoms with Crippen molar-refractivity contribution in [3.05, 3.63) is 29.6 Å². The predicted octanol–water partition coefficient (Wildman–Crippen LogP) is 2.89. The van der Waals surface area contributed by atoms with E-state index in [0.717, 1.165) is 24.3 Å². The molecule has 1 aliphatic rings. The average Bonchev–Trinajstić information content (AvgIpc) is 2.52. The summed E-state index contributed by atoms with van der Waals surface area (Å²) in [5, 5.41) is 9.69. The van der Waals surface area contributed by atoms with Gasteiger partial charge in [0.1, 0.15) is 11.6 Å². The van der Waals surface area contributed by atoms with Gasteiger partial charge in [-0.1, -0.05) is 13.8 Å². The number of hydrogen-bond donors (Lipinski definition) is 1. The van der Waals surface area contributed by atoms with E-state index in [2.05, 4.69) is 13.8 Å². The lowest BCUT2D eigenvalue weighted by atomic mass is 10.1. The summed E-state index contributed by atoms with van der Waals surface area (Å²) in [7, 11) is 0. The van der Waals surface area contributed by atoms with Crippen LogP contribution in [0.15, 0.2) is 18.2 Å². The van der Waals surface area contributed by atoms with Gasteiger partial charge in [0.25, 0.3) is 5.91 Å². The highest BCUT2D eigenvalue weighted by Gasteiger charge is 2.27. The number of halogens is 1. The number of thioether (sulfide) groups is 1. The first kappa shape index (κ1) is 14.2. The number of benzene rings is 1. The van der Waals surface area contributed by atoms with E-state index in [0.29, 0.717) is 13.1 Å². The highest BCUT2D eigenvalue weighted by molar-refractivity contribution is 8.00. The van der Waals surface area contributed by atoms with Crippen LogP contribution in [0, 0.1) is 5.82 Å². The number of amides is 1. The summed E-state index contributed by atoms with van der Waals surface area (Å²) in [6.07, 6.45) is 0.888. The standard InChI is InChI=1S/C14H18FNO2S/c1-14(2)5-6-16(7-8-19-14)13(18)11-9-10(15)3-4-12(11)17/h3-4,9,17H,5-8H2,1-2H3. The van der Waals surface area contributed by atoms with Crippen LogP contribution >= 0.6 is 11.8 Å². The summed E-state index contributed by atoms with van der Waals surface area (Å²) in [6.45, 7) is 5.58. The molecule has 1 N–H and O–H groups in total. The van der Waals surface area contributed by atoms with Crippen molar-refractivity contribution in [2.45, 2.75) is 25.0 Å². The molecule has 0 unspecified atom stereocenters. The molecule has 2 rings (SSSR count). The molecule has 1 aromatic rings. The zero-order valence-corrected chi connectivity index (χ0v) is 12.0.